The molecule has 0 aliphatic carbocycles. The Morgan fingerprint density at radius 2 is 2.11 bits per heavy atom. The molecule has 5 nitrogen and oxygen atoms in total. The van der Waals surface area contributed by atoms with Crippen LogP contribution in [0.2, 0.25) is 0 Å². The molecule has 2 aromatic rings. The monoisotopic (exact) mass is 275 g/mol. The fourth-order valence-electron chi connectivity index (χ4n) is 1.56. The molecule has 0 amide bonds. The van der Waals surface area contributed by atoms with E-state index in [1.807, 2.05) is 19.1 Å². The van der Waals surface area contributed by atoms with E-state index < -0.39 is 0 Å². The molecule has 6 heteroatoms. The molecule has 2 rings (SSSR count). The average molecular weight is 275 g/mol. The van der Waals surface area contributed by atoms with Crippen molar-refractivity contribution in [3.63, 3.8) is 0 Å². The summed E-state index contributed by atoms with van der Waals surface area (Å²) in [4.78, 5) is 5.31. The fourth-order valence-corrected chi connectivity index (χ4v) is 2.12. The lowest BCUT2D eigenvalue weighted by molar-refractivity contribution is 1.02. The molecule has 1 heterocycles. The molecule has 0 atom stereocenters. The first-order valence-corrected chi connectivity index (χ1v) is 6.90. The van der Waals surface area contributed by atoms with E-state index in [9.17, 15) is 0 Å². The molecule has 0 aliphatic rings. The summed E-state index contributed by atoms with van der Waals surface area (Å²) in [6, 6.07) is 8.15. The first-order valence-electron chi connectivity index (χ1n) is 6.12. The highest BCUT2D eigenvalue weighted by Crippen LogP contribution is 2.11. The number of guanidine groups is 1. The Morgan fingerprint density at radius 3 is 2.68 bits per heavy atom. The van der Waals surface area contributed by atoms with Gasteiger partial charge in [0.1, 0.15) is 0 Å². The van der Waals surface area contributed by atoms with Gasteiger partial charge in [0, 0.05) is 5.69 Å². The highest BCUT2D eigenvalue weighted by molar-refractivity contribution is 7.05. The summed E-state index contributed by atoms with van der Waals surface area (Å²) in [6.07, 6.45) is 1.03. The van der Waals surface area contributed by atoms with Gasteiger partial charge in [-0.1, -0.05) is 23.5 Å². The molecular weight excluding hydrogens is 258 g/mol. The lowest BCUT2D eigenvalue weighted by atomic mass is 10.1. The zero-order chi connectivity index (χ0) is 13.7. The Bertz CT molecular complexity index is 559. The van der Waals surface area contributed by atoms with Crippen LogP contribution in [-0.2, 0) is 13.0 Å². The normalized spacial score (nSPS) is 11.6. The number of benzene rings is 1. The van der Waals surface area contributed by atoms with Crippen molar-refractivity contribution < 1.29 is 0 Å². The van der Waals surface area contributed by atoms with Crippen molar-refractivity contribution in [3.8, 4) is 0 Å². The third-order valence-corrected chi connectivity index (χ3v) is 3.58. The van der Waals surface area contributed by atoms with Gasteiger partial charge < -0.3 is 11.1 Å². The Balaban J connectivity index is 1.96. The summed E-state index contributed by atoms with van der Waals surface area (Å²) in [5.74, 6) is 0.400. The van der Waals surface area contributed by atoms with E-state index in [0.29, 0.717) is 12.5 Å². The summed E-state index contributed by atoms with van der Waals surface area (Å²) in [5, 5.41) is 7.00. The smallest absolute Gasteiger partial charge is 0.193 e. The van der Waals surface area contributed by atoms with Crippen molar-refractivity contribution in [2.24, 2.45) is 10.7 Å². The molecule has 0 spiro atoms. The predicted molar refractivity (Wildman–Crippen MR) is 79.4 cm³/mol. The SMILES string of the molecule is CCc1ccc(NC(N)=NCc2snnc2C)cc1. The quantitative estimate of drug-likeness (QED) is 0.663. The summed E-state index contributed by atoms with van der Waals surface area (Å²) < 4.78 is 3.86. The molecule has 1 aromatic heterocycles. The maximum absolute atomic E-state index is 5.85. The molecule has 0 radical (unpaired) electrons. The number of nitrogens with one attached hydrogen (secondary N) is 1. The maximum Gasteiger partial charge on any atom is 0.193 e. The lowest BCUT2D eigenvalue weighted by Gasteiger charge is -2.06. The minimum absolute atomic E-state index is 0.400. The number of hydrogen-bond donors (Lipinski definition) is 2. The van der Waals surface area contributed by atoms with Crippen LogP contribution in [0, 0.1) is 6.92 Å². The summed E-state index contributed by atoms with van der Waals surface area (Å²) >= 11 is 1.35. The van der Waals surface area contributed by atoms with Gasteiger partial charge >= 0.3 is 0 Å². The minimum atomic E-state index is 0.400. The molecule has 100 valence electrons. The molecule has 0 saturated carbocycles. The largest absolute Gasteiger partial charge is 0.370 e. The standard InChI is InChI=1S/C13H17N5S/c1-3-10-4-6-11(7-5-10)16-13(14)15-8-12-9(2)17-18-19-12/h4-7H,3,8H2,1-2H3,(H3,14,15,16). The van der Waals surface area contributed by atoms with Gasteiger partial charge in [-0.25, -0.2) is 4.99 Å². The second-order valence-corrected chi connectivity index (χ2v) is 5.00. The van der Waals surface area contributed by atoms with Crippen LogP contribution in [0.1, 0.15) is 23.1 Å². The van der Waals surface area contributed by atoms with E-state index in [1.165, 1.54) is 17.1 Å². The Kier molecular flexibility index (Phi) is 4.46. The molecule has 0 fully saturated rings. The number of aromatic nitrogens is 2. The van der Waals surface area contributed by atoms with Crippen molar-refractivity contribution >= 4 is 23.2 Å². The highest BCUT2D eigenvalue weighted by Gasteiger charge is 2.02. The van der Waals surface area contributed by atoms with E-state index >= 15 is 0 Å². The zero-order valence-electron chi connectivity index (χ0n) is 11.1. The Hall–Kier alpha value is -1.95. The molecule has 3 N–H and O–H groups in total. The van der Waals surface area contributed by atoms with E-state index in [1.54, 1.807) is 0 Å². The predicted octanol–water partition coefficient (Wildman–Crippen LogP) is 2.34. The first-order chi connectivity index (χ1) is 9.19. The number of aryl methyl sites for hydroxylation is 2. The van der Waals surface area contributed by atoms with E-state index in [4.69, 9.17) is 5.73 Å². The summed E-state index contributed by atoms with van der Waals surface area (Å²) in [5.41, 5.74) is 9.00. The summed E-state index contributed by atoms with van der Waals surface area (Å²) in [6.45, 7) is 4.56. The second kappa shape index (κ2) is 6.29. The van der Waals surface area contributed by atoms with Crippen molar-refractivity contribution in [3.05, 3.63) is 40.4 Å². The molecule has 0 saturated heterocycles. The van der Waals surface area contributed by atoms with Crippen LogP contribution in [0.25, 0.3) is 0 Å². The maximum atomic E-state index is 5.85. The number of hydrogen-bond acceptors (Lipinski definition) is 4. The second-order valence-electron chi connectivity index (χ2n) is 4.16. The zero-order valence-corrected chi connectivity index (χ0v) is 11.9. The fraction of sp³-hybridized carbons (Fsp3) is 0.308. The van der Waals surface area contributed by atoms with E-state index in [-0.39, 0.29) is 0 Å². The van der Waals surface area contributed by atoms with Crippen molar-refractivity contribution in [2.75, 3.05) is 5.32 Å². The van der Waals surface area contributed by atoms with Crippen LogP contribution in [0.15, 0.2) is 29.3 Å². The van der Waals surface area contributed by atoms with Crippen LogP contribution < -0.4 is 11.1 Å². The third-order valence-electron chi connectivity index (χ3n) is 2.77. The van der Waals surface area contributed by atoms with Crippen LogP contribution in [0.3, 0.4) is 0 Å². The molecule has 19 heavy (non-hydrogen) atoms. The topological polar surface area (TPSA) is 76.2 Å². The third kappa shape index (κ3) is 3.75. The number of rotatable bonds is 4. The van der Waals surface area contributed by atoms with Gasteiger partial charge in [-0.05, 0) is 42.6 Å². The average Bonchev–Trinajstić information content (AvgIpc) is 2.83. The van der Waals surface area contributed by atoms with E-state index in [0.717, 1.165) is 22.7 Å². The van der Waals surface area contributed by atoms with Crippen LogP contribution in [0.4, 0.5) is 5.69 Å². The van der Waals surface area contributed by atoms with Gasteiger partial charge in [-0.15, -0.1) is 5.10 Å². The molecular formula is C13H17N5S. The summed E-state index contributed by atoms with van der Waals surface area (Å²) in [7, 11) is 0. The van der Waals surface area contributed by atoms with Gasteiger partial charge in [0.2, 0.25) is 0 Å². The highest BCUT2D eigenvalue weighted by atomic mass is 32.1. The van der Waals surface area contributed by atoms with Crippen molar-refractivity contribution in [1.29, 1.82) is 0 Å². The lowest BCUT2D eigenvalue weighted by Crippen LogP contribution is -2.22. The number of aliphatic imine (C=N–C) groups is 1. The number of anilines is 1. The molecule has 1 aromatic carbocycles. The van der Waals surface area contributed by atoms with Gasteiger partial charge in [-0.2, -0.15) is 0 Å². The van der Waals surface area contributed by atoms with Crippen molar-refractivity contribution in [2.45, 2.75) is 26.8 Å². The van der Waals surface area contributed by atoms with Crippen molar-refractivity contribution in [1.82, 2.24) is 9.59 Å². The molecule has 0 aliphatic heterocycles. The molecule has 0 unspecified atom stereocenters. The van der Waals surface area contributed by atoms with Gasteiger partial charge in [-0.3, -0.25) is 0 Å². The van der Waals surface area contributed by atoms with Gasteiger partial charge in [0.25, 0.3) is 0 Å². The Morgan fingerprint density at radius 1 is 1.37 bits per heavy atom. The van der Waals surface area contributed by atoms with Gasteiger partial charge in [0.05, 0.1) is 17.1 Å². The van der Waals surface area contributed by atoms with Gasteiger partial charge in [0.15, 0.2) is 5.96 Å². The van der Waals surface area contributed by atoms with Crippen LogP contribution in [-0.4, -0.2) is 15.5 Å². The number of nitrogens with two attached hydrogens (primary N) is 1. The van der Waals surface area contributed by atoms with E-state index in [2.05, 4.69) is 39.0 Å². The minimum Gasteiger partial charge on any atom is -0.370 e. The first kappa shape index (κ1) is 13.5. The van der Waals surface area contributed by atoms with Crippen LogP contribution in [0.5, 0.6) is 0 Å². The Labute approximate surface area is 116 Å². The number of nitrogens with zero attached hydrogens (tertiary/aromatic N) is 3. The molecule has 0 bridgehead atoms. The van der Waals surface area contributed by atoms with Crippen LogP contribution >= 0.6 is 11.5 Å².